The van der Waals surface area contributed by atoms with Crippen molar-refractivity contribution in [1.29, 1.82) is 0 Å². The lowest BCUT2D eigenvalue weighted by Gasteiger charge is -2.19. The van der Waals surface area contributed by atoms with Gasteiger partial charge in [-0.15, -0.1) is 0 Å². The Bertz CT molecular complexity index is 440. The molecule has 0 aromatic carbocycles. The van der Waals surface area contributed by atoms with E-state index >= 15 is 0 Å². The van der Waals surface area contributed by atoms with Crippen molar-refractivity contribution in [3.8, 4) is 0 Å². The van der Waals surface area contributed by atoms with E-state index in [9.17, 15) is 9.59 Å². The zero-order valence-electron chi connectivity index (χ0n) is 14.0. The molecule has 0 spiro atoms. The van der Waals surface area contributed by atoms with Crippen LogP contribution < -0.4 is 0 Å². The summed E-state index contributed by atoms with van der Waals surface area (Å²) in [4.78, 5) is 25.6. The zero-order chi connectivity index (χ0) is 16.5. The van der Waals surface area contributed by atoms with Gasteiger partial charge in [-0.3, -0.25) is 4.79 Å². The number of hydrogen-bond acceptors (Lipinski definition) is 5. The first kappa shape index (κ1) is 18.3. The quantitative estimate of drug-likeness (QED) is 0.510. The van der Waals surface area contributed by atoms with Gasteiger partial charge in [0.1, 0.15) is 13.2 Å². The Labute approximate surface area is 133 Å². The highest BCUT2D eigenvalue weighted by molar-refractivity contribution is 5.88. The molecule has 0 aromatic rings. The van der Waals surface area contributed by atoms with Gasteiger partial charge in [0, 0.05) is 19.7 Å². The van der Waals surface area contributed by atoms with Gasteiger partial charge >= 0.3 is 11.9 Å². The number of nitrogens with zero attached hydrogens (tertiary/aromatic N) is 1. The Morgan fingerprint density at radius 3 is 2.55 bits per heavy atom. The van der Waals surface area contributed by atoms with Crippen LogP contribution in [0.1, 0.15) is 40.0 Å². The van der Waals surface area contributed by atoms with Gasteiger partial charge in [-0.25, -0.2) is 4.79 Å². The molecule has 5 heteroatoms. The molecular weight excluding hydrogens is 282 g/mol. The first-order valence-electron chi connectivity index (χ1n) is 7.88. The number of carbonyl (C=O) groups excluding carboxylic acids is 2. The van der Waals surface area contributed by atoms with E-state index in [4.69, 9.17) is 9.47 Å². The van der Waals surface area contributed by atoms with Crippen LogP contribution in [0.5, 0.6) is 0 Å². The Balaban J connectivity index is 2.29. The molecular formula is C17H27NO4. The van der Waals surface area contributed by atoms with Crippen LogP contribution in [0.3, 0.4) is 0 Å². The fourth-order valence-electron chi connectivity index (χ4n) is 2.33. The van der Waals surface area contributed by atoms with Crippen LogP contribution in [-0.2, 0) is 19.1 Å². The fourth-order valence-corrected chi connectivity index (χ4v) is 2.33. The highest BCUT2D eigenvalue weighted by Crippen LogP contribution is 2.18. The van der Waals surface area contributed by atoms with Crippen LogP contribution in [0, 0.1) is 11.8 Å². The molecule has 5 nitrogen and oxygen atoms in total. The summed E-state index contributed by atoms with van der Waals surface area (Å²) < 4.78 is 10.4. The van der Waals surface area contributed by atoms with Gasteiger partial charge in [0.05, 0.1) is 11.5 Å². The molecule has 1 rings (SSSR count). The topological polar surface area (TPSA) is 55.8 Å². The van der Waals surface area contributed by atoms with Gasteiger partial charge < -0.3 is 14.4 Å². The summed E-state index contributed by atoms with van der Waals surface area (Å²) in [5.41, 5.74) is 0.599. The van der Waals surface area contributed by atoms with Gasteiger partial charge in [-0.1, -0.05) is 33.3 Å². The molecule has 1 aliphatic heterocycles. The number of esters is 2. The van der Waals surface area contributed by atoms with Gasteiger partial charge in [-0.2, -0.15) is 0 Å². The molecule has 0 amide bonds. The Morgan fingerprint density at radius 2 is 1.95 bits per heavy atom. The fraction of sp³-hybridized carbons (Fsp3) is 0.647. The third-order valence-corrected chi connectivity index (χ3v) is 3.57. The summed E-state index contributed by atoms with van der Waals surface area (Å²) in [6.07, 6.45) is 7.86. The molecule has 124 valence electrons. The van der Waals surface area contributed by atoms with Crippen molar-refractivity contribution < 1.29 is 19.1 Å². The molecule has 0 aliphatic carbocycles. The second-order valence-electron chi connectivity index (χ2n) is 5.85. The van der Waals surface area contributed by atoms with Crippen molar-refractivity contribution >= 4 is 11.9 Å². The first-order valence-corrected chi connectivity index (χ1v) is 7.88. The molecule has 1 aliphatic rings. The van der Waals surface area contributed by atoms with E-state index in [1.54, 1.807) is 11.1 Å². The van der Waals surface area contributed by atoms with Crippen LogP contribution in [0.2, 0.25) is 0 Å². The molecule has 0 N–H and O–H groups in total. The minimum atomic E-state index is -0.360. The first-order chi connectivity index (χ1) is 10.5. The monoisotopic (exact) mass is 309 g/mol. The predicted octanol–water partition coefficient (Wildman–Crippen LogP) is 2.88. The Kier molecular flexibility index (Phi) is 7.71. The SMILES string of the molecule is CCCC(C(=O)OCCOC(=O)C1=CN(C)C=CC1)C(C)C. The second kappa shape index (κ2) is 9.28. The molecule has 0 saturated carbocycles. The van der Waals surface area contributed by atoms with Gasteiger partial charge in [-0.05, 0) is 18.5 Å². The molecule has 0 radical (unpaired) electrons. The largest absolute Gasteiger partial charge is 0.462 e. The van der Waals surface area contributed by atoms with Crippen molar-refractivity contribution in [2.75, 3.05) is 20.3 Å². The van der Waals surface area contributed by atoms with E-state index < -0.39 is 0 Å². The number of carbonyl (C=O) groups is 2. The normalized spacial score (nSPS) is 15.5. The number of ether oxygens (including phenoxy) is 2. The third-order valence-electron chi connectivity index (χ3n) is 3.57. The van der Waals surface area contributed by atoms with Crippen molar-refractivity contribution in [3.05, 3.63) is 24.0 Å². The summed E-state index contributed by atoms with van der Waals surface area (Å²) in [5, 5.41) is 0. The third kappa shape index (κ3) is 5.92. The van der Waals surface area contributed by atoms with E-state index in [0.717, 1.165) is 12.8 Å². The summed E-state index contributed by atoms with van der Waals surface area (Å²) in [7, 11) is 1.85. The van der Waals surface area contributed by atoms with E-state index in [1.165, 1.54) is 0 Å². The standard InChI is InChI=1S/C17H27NO4/c1-5-7-15(13(2)3)17(20)22-11-10-21-16(19)14-8-6-9-18(4)12-14/h6,9,12-13,15H,5,7-8,10-11H2,1-4H3. The second-order valence-corrected chi connectivity index (χ2v) is 5.85. The van der Waals surface area contributed by atoms with Crippen molar-refractivity contribution in [3.63, 3.8) is 0 Å². The highest BCUT2D eigenvalue weighted by atomic mass is 16.6. The lowest BCUT2D eigenvalue weighted by Crippen LogP contribution is -2.25. The summed E-state index contributed by atoms with van der Waals surface area (Å²) >= 11 is 0. The zero-order valence-corrected chi connectivity index (χ0v) is 14.0. The Morgan fingerprint density at radius 1 is 1.27 bits per heavy atom. The summed E-state index contributed by atoms with van der Waals surface area (Å²) in [6, 6.07) is 0. The maximum Gasteiger partial charge on any atom is 0.335 e. The van der Waals surface area contributed by atoms with E-state index in [-0.39, 0.29) is 37.0 Å². The minimum Gasteiger partial charge on any atom is -0.462 e. The van der Waals surface area contributed by atoms with Crippen molar-refractivity contribution in [2.24, 2.45) is 11.8 Å². The molecule has 1 unspecified atom stereocenters. The van der Waals surface area contributed by atoms with Crippen molar-refractivity contribution in [1.82, 2.24) is 4.90 Å². The number of hydrogen-bond donors (Lipinski definition) is 0. The highest BCUT2D eigenvalue weighted by Gasteiger charge is 2.22. The molecule has 0 saturated heterocycles. The van der Waals surface area contributed by atoms with E-state index in [2.05, 4.69) is 0 Å². The summed E-state index contributed by atoms with van der Waals surface area (Å²) in [5.74, 6) is -0.390. The van der Waals surface area contributed by atoms with Crippen LogP contribution in [-0.4, -0.2) is 37.1 Å². The minimum absolute atomic E-state index is 0.0828. The van der Waals surface area contributed by atoms with Crippen LogP contribution >= 0.6 is 0 Å². The van der Waals surface area contributed by atoms with Gasteiger partial charge in [0.25, 0.3) is 0 Å². The smallest absolute Gasteiger partial charge is 0.335 e. The molecule has 22 heavy (non-hydrogen) atoms. The van der Waals surface area contributed by atoms with E-state index in [0.29, 0.717) is 12.0 Å². The summed E-state index contributed by atoms with van der Waals surface area (Å²) in [6.45, 7) is 6.28. The molecule has 1 heterocycles. The maximum atomic E-state index is 12.0. The van der Waals surface area contributed by atoms with Crippen LogP contribution in [0.4, 0.5) is 0 Å². The van der Waals surface area contributed by atoms with E-state index in [1.807, 2.05) is 40.1 Å². The molecule has 0 bridgehead atoms. The number of rotatable bonds is 8. The average Bonchev–Trinajstić information content (AvgIpc) is 2.48. The van der Waals surface area contributed by atoms with Crippen molar-refractivity contribution in [2.45, 2.75) is 40.0 Å². The molecule has 1 atom stereocenters. The Hall–Kier alpha value is -1.78. The van der Waals surface area contributed by atoms with Crippen LogP contribution in [0.15, 0.2) is 24.0 Å². The lowest BCUT2D eigenvalue weighted by molar-refractivity contribution is -0.155. The van der Waals surface area contributed by atoms with Crippen LogP contribution in [0.25, 0.3) is 0 Å². The number of allylic oxidation sites excluding steroid dienone is 1. The average molecular weight is 309 g/mol. The maximum absolute atomic E-state index is 12.0. The molecule has 0 aromatic heterocycles. The van der Waals surface area contributed by atoms with Gasteiger partial charge in [0.15, 0.2) is 0 Å². The predicted molar refractivity (Wildman–Crippen MR) is 84.8 cm³/mol. The molecule has 0 fully saturated rings. The van der Waals surface area contributed by atoms with Gasteiger partial charge in [0.2, 0.25) is 0 Å². The lowest BCUT2D eigenvalue weighted by atomic mass is 9.92.